The van der Waals surface area contributed by atoms with Crippen molar-refractivity contribution in [1.29, 1.82) is 0 Å². The molecule has 0 spiro atoms. The number of halogens is 1. The van der Waals surface area contributed by atoms with Crippen molar-refractivity contribution in [2.75, 3.05) is 25.1 Å². The average Bonchev–Trinajstić information content (AvgIpc) is 1.64. The van der Waals surface area contributed by atoms with Crippen molar-refractivity contribution < 1.29 is 42.9 Å². The number of ketones is 1. The van der Waals surface area contributed by atoms with Crippen LogP contribution in [0.15, 0.2) is 312 Å². The molecule has 664 valence electrons. The second-order valence-electron chi connectivity index (χ2n) is 33.7. The number of esters is 3. The summed E-state index contributed by atoms with van der Waals surface area (Å²) in [5, 5.41) is 3.53. The fraction of sp³-hybridized carbons (Fsp3) is 0.193. The van der Waals surface area contributed by atoms with E-state index in [1.807, 2.05) is 165 Å². The van der Waals surface area contributed by atoms with E-state index in [1.165, 1.54) is 28.0 Å². The van der Waals surface area contributed by atoms with Gasteiger partial charge in [-0.3, -0.25) is 59.5 Å². The first-order valence-corrected chi connectivity index (χ1v) is 45.3. The summed E-state index contributed by atoms with van der Waals surface area (Å²) in [6.45, 7) is 9.37. The molecule has 1 saturated heterocycles. The Hall–Kier alpha value is -16.0. The molecule has 1 amide bonds. The Morgan fingerprint density at radius 3 is 1.20 bits per heavy atom. The molecule has 13 aromatic rings. The molecule has 5 aromatic heterocycles. The number of nitrogens with zero attached hydrogens (tertiary/aromatic N) is 15. The SMILES string of the molecule is CCOC(=O)C1=Nc2cc3c(cc2C1)CN=C3c1ccncc1.Cc1cccc(COC(=O)C2=Nc3cc4c(cc3C2)CN=C4c2ccncc2)n1.O=C(Cc1ccccc1)C1=Nc2cc3c(cc2C1)CN=C3C1CCOCC1.O=C(Nc1ccccc1)C1=Nc2cc3c(cc2C1)CN=C3c1ccncc1.O=C(OCc1cccc(Cl)c1)C1=Nc2cc3c(cc2C1)CN=C3c1ccncc1. The lowest BCUT2D eigenvalue weighted by Crippen LogP contribution is -2.23. The number of aromatic nitrogens is 5. The van der Waals surface area contributed by atoms with Crippen molar-refractivity contribution in [2.45, 2.75) is 111 Å². The average molecular weight is 1800 g/mol. The van der Waals surface area contributed by atoms with Crippen LogP contribution < -0.4 is 5.32 Å². The number of hydrogen-bond acceptors (Lipinski definition) is 24. The van der Waals surface area contributed by atoms with E-state index in [2.05, 4.69) is 113 Å². The first-order valence-electron chi connectivity index (χ1n) is 44.9. The highest BCUT2D eigenvalue weighted by molar-refractivity contribution is 6.45. The van der Waals surface area contributed by atoms with Crippen LogP contribution in [0.1, 0.15) is 148 Å². The summed E-state index contributed by atoms with van der Waals surface area (Å²) in [6.07, 6.45) is 19.3. The summed E-state index contributed by atoms with van der Waals surface area (Å²) < 4.78 is 21.4. The number of Topliss-reactive ketones (excluding diaryl/α,β-unsaturated/α-hetero) is 1. The maximum Gasteiger partial charge on any atom is 0.353 e. The van der Waals surface area contributed by atoms with Crippen molar-refractivity contribution in [2.24, 2.45) is 55.8 Å². The van der Waals surface area contributed by atoms with Crippen LogP contribution in [-0.2, 0) is 127 Å². The van der Waals surface area contributed by atoms with Gasteiger partial charge in [-0.2, -0.15) is 0 Å². The van der Waals surface area contributed by atoms with Crippen molar-refractivity contribution in [3.8, 4) is 0 Å². The molecule has 0 bridgehead atoms. The number of anilines is 1. The highest BCUT2D eigenvalue weighted by atomic mass is 35.5. The third-order valence-corrected chi connectivity index (χ3v) is 25.0. The fourth-order valence-corrected chi connectivity index (χ4v) is 18.3. The van der Waals surface area contributed by atoms with Gasteiger partial charge < -0.3 is 24.3 Å². The van der Waals surface area contributed by atoms with Gasteiger partial charge in [0, 0.05) is 179 Å². The Balaban J connectivity index is 0.000000105. The zero-order chi connectivity index (χ0) is 91.8. The number of aryl methyl sites for hydroxylation is 1. The molecule has 135 heavy (non-hydrogen) atoms. The van der Waals surface area contributed by atoms with Gasteiger partial charge in [-0.05, 0) is 209 Å². The Labute approximate surface area is 782 Å². The molecule has 24 rings (SSSR count). The van der Waals surface area contributed by atoms with E-state index in [1.54, 1.807) is 68.6 Å². The van der Waals surface area contributed by atoms with Gasteiger partial charge in [-0.1, -0.05) is 109 Å². The van der Waals surface area contributed by atoms with E-state index in [-0.39, 0.29) is 30.9 Å². The number of carbonyl (C=O) groups excluding carboxylic acids is 5. The van der Waals surface area contributed by atoms with Gasteiger partial charge in [0.05, 0.1) is 102 Å². The van der Waals surface area contributed by atoms with E-state index < -0.39 is 11.9 Å². The molecule has 0 saturated carbocycles. The number of nitrogens with one attached hydrogen (secondary N) is 1. The standard InChI is InChI=1S/C23H16ClN3O2.C23H18N4O2.C23H22N2O2.C22H16N4O.C18H15N3O2/c24-18-3-1-2-14(8-18)13-29-23(28)21-10-16-9-17-12-26-22(15-4-6-25-7-5-15)19(17)11-20(16)27-21;1-14-3-2-4-18(26-14)13-29-23(28)21-10-16-9-17-12-25-22(15-5-7-24-8-6-15)19(17)11-20(16)27-21;26-22(10-15-4-2-1-3-5-15)21-12-17-11-18-14-24-23(16-6-8-27-9-7-16)19(18)13-20(17)25-21;27-22(25-17-4-2-1-3-5-17)20-11-15-10-16-13-24-21(14-6-8-23-9-7-14)18(16)12-19(15)26-20;1-2-23-18(22)16-8-12-7-13-10-20-17(11-3-5-19-6-4-11)14(13)9-15(12)21-16/h1-9,11H,10,12-13H2;2-9,11H,10,12-13H2,1H3;1-5,11,13,16H,6-10,12,14H2;1-10,12H,11,13H2,(H,25,27);3-7,9H,2,8,10H2,1H3. The number of aliphatic imine (C=N–C) groups is 10. The van der Waals surface area contributed by atoms with E-state index in [9.17, 15) is 24.0 Å². The highest BCUT2D eigenvalue weighted by Gasteiger charge is 2.35. The number of hydrogen-bond donors (Lipinski definition) is 1. The first-order chi connectivity index (χ1) is 66.2. The molecule has 11 aliphatic heterocycles. The van der Waals surface area contributed by atoms with Gasteiger partial charge in [0.1, 0.15) is 36.1 Å². The maximum atomic E-state index is 12.7. The van der Waals surface area contributed by atoms with Crippen LogP contribution in [0.3, 0.4) is 0 Å². The minimum absolute atomic E-state index is 0.121. The van der Waals surface area contributed by atoms with Crippen LogP contribution in [-0.4, -0.2) is 131 Å². The molecule has 0 atom stereocenters. The number of ether oxygens (including phenoxy) is 4. The van der Waals surface area contributed by atoms with E-state index >= 15 is 0 Å². The smallest absolute Gasteiger partial charge is 0.353 e. The molecule has 0 radical (unpaired) electrons. The first kappa shape index (κ1) is 87.0. The molecular weight excluding hydrogens is 1710 g/mol. The van der Waals surface area contributed by atoms with Crippen molar-refractivity contribution in [3.05, 3.63) is 395 Å². The Bertz CT molecular complexity index is 7090. The van der Waals surface area contributed by atoms with Crippen molar-refractivity contribution >= 4 is 132 Å². The summed E-state index contributed by atoms with van der Waals surface area (Å²) in [7, 11) is 0. The molecule has 8 aromatic carbocycles. The highest BCUT2D eigenvalue weighted by Crippen LogP contribution is 2.42. The van der Waals surface area contributed by atoms with Crippen molar-refractivity contribution in [1.82, 2.24) is 24.9 Å². The van der Waals surface area contributed by atoms with Gasteiger partial charge in [0.25, 0.3) is 5.91 Å². The molecule has 26 heteroatoms. The second-order valence-corrected chi connectivity index (χ2v) is 34.2. The van der Waals surface area contributed by atoms with Crippen LogP contribution in [0.25, 0.3) is 0 Å². The summed E-state index contributed by atoms with van der Waals surface area (Å²) in [4.78, 5) is 129. The van der Waals surface area contributed by atoms with E-state index in [4.69, 9.17) is 40.5 Å². The number of fused-ring (bicyclic) bond motifs is 10. The molecule has 1 N–H and O–H groups in total. The van der Waals surface area contributed by atoms with Gasteiger partial charge in [-0.25, -0.2) is 39.3 Å². The molecule has 25 nitrogen and oxygen atoms in total. The van der Waals surface area contributed by atoms with Crippen LogP contribution in [0.4, 0.5) is 34.1 Å². The summed E-state index contributed by atoms with van der Waals surface area (Å²) in [5.74, 6) is -0.664. The maximum absolute atomic E-state index is 12.7. The fourth-order valence-electron chi connectivity index (χ4n) is 18.1. The quantitative estimate of drug-likeness (QED) is 0.0617. The summed E-state index contributed by atoms with van der Waals surface area (Å²) in [6, 6.07) is 68.8. The molecular formula is C109H87ClN16O9. The van der Waals surface area contributed by atoms with Gasteiger partial charge in [0.2, 0.25) is 0 Å². The van der Waals surface area contributed by atoms with Gasteiger partial charge >= 0.3 is 17.9 Å². The Kier molecular flexibility index (Phi) is 25.3. The van der Waals surface area contributed by atoms with Crippen LogP contribution >= 0.6 is 11.6 Å². The lowest BCUT2D eigenvalue weighted by atomic mass is 9.88. The number of benzene rings is 8. The number of carbonyl (C=O) groups is 5. The van der Waals surface area contributed by atoms with Crippen molar-refractivity contribution in [3.63, 3.8) is 0 Å². The zero-order valence-electron chi connectivity index (χ0n) is 73.9. The molecule has 11 aliphatic rings. The number of para-hydroxylation sites is 1. The van der Waals surface area contributed by atoms with Gasteiger partial charge in [0.15, 0.2) is 5.78 Å². The van der Waals surface area contributed by atoms with E-state index in [0.717, 1.165) is 196 Å². The lowest BCUT2D eigenvalue weighted by Gasteiger charge is -2.22. The third-order valence-electron chi connectivity index (χ3n) is 24.7. The minimum Gasteiger partial charge on any atom is -0.461 e. The van der Waals surface area contributed by atoms with Crippen LogP contribution in [0.5, 0.6) is 0 Å². The summed E-state index contributed by atoms with van der Waals surface area (Å²) >= 11 is 5.98. The largest absolute Gasteiger partial charge is 0.461 e. The monoisotopic (exact) mass is 1800 g/mol. The molecule has 1 fully saturated rings. The van der Waals surface area contributed by atoms with Crippen LogP contribution in [0.2, 0.25) is 5.02 Å². The second kappa shape index (κ2) is 39.2. The summed E-state index contributed by atoms with van der Waals surface area (Å²) in [5.41, 5.74) is 37.2. The third kappa shape index (κ3) is 19.4. The zero-order valence-corrected chi connectivity index (χ0v) is 74.6. The Morgan fingerprint density at radius 1 is 0.378 bits per heavy atom. The number of rotatable bonds is 18. The number of amides is 1. The normalized spacial score (nSPS) is 15.2. The molecule has 0 aliphatic carbocycles. The predicted octanol–water partition coefficient (Wildman–Crippen LogP) is 18.1. The number of pyridine rings is 5. The minimum atomic E-state index is -0.399. The van der Waals surface area contributed by atoms with E-state index in [0.29, 0.717) is 111 Å². The molecule has 16 heterocycles. The lowest BCUT2D eigenvalue weighted by molar-refractivity contribution is -0.137. The molecule has 0 unspecified atom stereocenters. The Morgan fingerprint density at radius 2 is 0.756 bits per heavy atom. The topological polar surface area (TPSA) is 322 Å². The van der Waals surface area contributed by atoms with Gasteiger partial charge in [-0.15, -0.1) is 0 Å². The van der Waals surface area contributed by atoms with Crippen LogP contribution in [0, 0.1) is 12.8 Å². The predicted molar refractivity (Wildman–Crippen MR) is 521 cm³/mol.